The maximum atomic E-state index is 14.2. The van der Waals surface area contributed by atoms with Crippen molar-refractivity contribution in [1.82, 2.24) is 9.97 Å². The van der Waals surface area contributed by atoms with Crippen LogP contribution in [0.15, 0.2) is 59.8 Å². The third-order valence-corrected chi connectivity index (χ3v) is 4.56. The molecule has 0 fully saturated rings. The Morgan fingerprint density at radius 1 is 1.00 bits per heavy atom. The monoisotopic (exact) mass is 343 g/mol. The van der Waals surface area contributed by atoms with Crippen LogP contribution in [0, 0.1) is 12.7 Å². The van der Waals surface area contributed by atoms with Gasteiger partial charge in [-0.1, -0.05) is 12.1 Å². The quantitative estimate of drug-likeness (QED) is 0.792. The summed E-state index contributed by atoms with van der Waals surface area (Å²) in [6, 6.07) is 11.0. The van der Waals surface area contributed by atoms with Gasteiger partial charge in [-0.2, -0.15) is 0 Å². The van der Waals surface area contributed by atoms with Crippen LogP contribution in [-0.2, 0) is 10.0 Å². The van der Waals surface area contributed by atoms with Crippen LogP contribution < -0.4 is 5.14 Å². The Bertz CT molecular complexity index is 1020. The summed E-state index contributed by atoms with van der Waals surface area (Å²) in [6.45, 7) is 1.86. The number of rotatable bonds is 3. The molecule has 1 aromatic carbocycles. The molecule has 3 rings (SSSR count). The molecule has 0 amide bonds. The van der Waals surface area contributed by atoms with Crippen LogP contribution in [0.5, 0.6) is 0 Å². The summed E-state index contributed by atoms with van der Waals surface area (Å²) in [5.41, 5.74) is 3.44. The summed E-state index contributed by atoms with van der Waals surface area (Å²) >= 11 is 0. The summed E-state index contributed by atoms with van der Waals surface area (Å²) in [5, 5.41) is 5.00. The van der Waals surface area contributed by atoms with Gasteiger partial charge in [0.2, 0.25) is 10.0 Å². The van der Waals surface area contributed by atoms with E-state index < -0.39 is 20.7 Å². The van der Waals surface area contributed by atoms with E-state index in [-0.39, 0.29) is 0 Å². The molecule has 3 aromatic rings. The minimum atomic E-state index is -4.10. The summed E-state index contributed by atoms with van der Waals surface area (Å²) in [7, 11) is -4.10. The molecule has 0 radical (unpaired) electrons. The smallest absolute Gasteiger partial charge is 0.240 e. The molecule has 24 heavy (non-hydrogen) atoms. The number of hydrogen-bond acceptors (Lipinski definition) is 4. The average molecular weight is 343 g/mol. The number of pyridine rings is 2. The highest BCUT2D eigenvalue weighted by Gasteiger charge is 2.17. The maximum Gasteiger partial charge on any atom is 0.240 e. The second-order valence-corrected chi connectivity index (χ2v) is 6.76. The zero-order chi connectivity index (χ0) is 17.3. The Hall–Kier alpha value is -2.64. The third-order valence-electron chi connectivity index (χ3n) is 3.62. The molecule has 5 nitrogen and oxygen atoms in total. The van der Waals surface area contributed by atoms with Crippen LogP contribution >= 0.6 is 0 Å². The first-order valence-electron chi connectivity index (χ1n) is 7.07. The number of aryl methyl sites for hydroxylation is 1. The largest absolute Gasteiger partial charge is 0.261 e. The van der Waals surface area contributed by atoms with Crippen LogP contribution in [0.25, 0.3) is 22.4 Å². The predicted molar refractivity (Wildman–Crippen MR) is 89.0 cm³/mol. The van der Waals surface area contributed by atoms with E-state index >= 15 is 0 Å². The van der Waals surface area contributed by atoms with E-state index in [1.165, 1.54) is 6.07 Å². The first-order chi connectivity index (χ1) is 11.4. The molecule has 7 heteroatoms. The summed E-state index contributed by atoms with van der Waals surface area (Å²) in [4.78, 5) is 8.09. The lowest BCUT2D eigenvalue weighted by molar-refractivity contribution is 0.568. The minimum Gasteiger partial charge on any atom is -0.261 e. The second-order valence-electron chi connectivity index (χ2n) is 5.23. The number of primary sulfonamides is 1. The van der Waals surface area contributed by atoms with Gasteiger partial charge >= 0.3 is 0 Å². The second kappa shape index (κ2) is 6.10. The first kappa shape index (κ1) is 16.2. The van der Waals surface area contributed by atoms with Crippen molar-refractivity contribution in [3.63, 3.8) is 0 Å². The fraction of sp³-hybridized carbons (Fsp3) is 0.0588. The SMILES string of the molecule is Cc1ncccc1-c1ncccc1-c1ccc(S(N)(=O)=O)c(F)c1. The normalized spacial score (nSPS) is 11.5. The highest BCUT2D eigenvalue weighted by molar-refractivity contribution is 7.89. The van der Waals surface area contributed by atoms with Gasteiger partial charge in [-0.05, 0) is 42.8 Å². The molecule has 0 saturated carbocycles. The van der Waals surface area contributed by atoms with Gasteiger partial charge in [0.25, 0.3) is 0 Å². The fourth-order valence-electron chi connectivity index (χ4n) is 2.49. The predicted octanol–water partition coefficient (Wildman–Crippen LogP) is 2.91. The molecule has 0 saturated heterocycles. The molecule has 2 heterocycles. The molecule has 0 bridgehead atoms. The van der Waals surface area contributed by atoms with Gasteiger partial charge < -0.3 is 0 Å². The van der Waals surface area contributed by atoms with E-state index in [0.29, 0.717) is 16.8 Å². The van der Waals surface area contributed by atoms with Gasteiger partial charge in [-0.15, -0.1) is 0 Å². The van der Waals surface area contributed by atoms with Crippen LogP contribution in [0.4, 0.5) is 4.39 Å². The lowest BCUT2D eigenvalue weighted by Crippen LogP contribution is -2.14. The zero-order valence-corrected chi connectivity index (χ0v) is 13.6. The average Bonchev–Trinajstić information content (AvgIpc) is 2.54. The Balaban J connectivity index is 2.19. The zero-order valence-electron chi connectivity index (χ0n) is 12.8. The topological polar surface area (TPSA) is 85.9 Å². The number of hydrogen-bond donors (Lipinski definition) is 1. The van der Waals surface area contributed by atoms with E-state index in [1.54, 1.807) is 30.6 Å². The number of benzene rings is 1. The Morgan fingerprint density at radius 2 is 1.67 bits per heavy atom. The van der Waals surface area contributed by atoms with E-state index in [9.17, 15) is 12.8 Å². The fourth-order valence-corrected chi connectivity index (χ4v) is 3.07. The van der Waals surface area contributed by atoms with Crippen molar-refractivity contribution >= 4 is 10.0 Å². The molecule has 0 unspecified atom stereocenters. The maximum absolute atomic E-state index is 14.2. The van der Waals surface area contributed by atoms with Crippen molar-refractivity contribution in [2.24, 2.45) is 5.14 Å². The van der Waals surface area contributed by atoms with Crippen molar-refractivity contribution in [3.05, 3.63) is 66.4 Å². The molecular weight excluding hydrogens is 329 g/mol. The van der Waals surface area contributed by atoms with E-state index in [2.05, 4.69) is 9.97 Å². The van der Waals surface area contributed by atoms with Crippen LogP contribution in [-0.4, -0.2) is 18.4 Å². The van der Waals surface area contributed by atoms with Crippen molar-refractivity contribution in [3.8, 4) is 22.4 Å². The number of aromatic nitrogens is 2. The van der Waals surface area contributed by atoms with Gasteiger partial charge in [-0.25, -0.2) is 17.9 Å². The van der Waals surface area contributed by atoms with Crippen LogP contribution in [0.2, 0.25) is 0 Å². The standard InChI is InChI=1S/C17H14FN3O2S/c1-11-13(4-2-8-20-11)17-14(5-3-9-21-17)12-6-7-16(15(18)10-12)24(19,22)23/h2-10H,1H3,(H2,19,22,23). The number of halogens is 1. The van der Waals surface area contributed by atoms with E-state index in [4.69, 9.17) is 5.14 Å². The highest BCUT2D eigenvalue weighted by Crippen LogP contribution is 2.32. The van der Waals surface area contributed by atoms with Crippen molar-refractivity contribution in [1.29, 1.82) is 0 Å². The van der Waals surface area contributed by atoms with Crippen LogP contribution in [0.1, 0.15) is 5.69 Å². The van der Waals surface area contributed by atoms with Gasteiger partial charge in [0.15, 0.2) is 0 Å². The molecule has 0 aliphatic carbocycles. The molecular formula is C17H14FN3O2S. The van der Waals surface area contributed by atoms with Crippen molar-refractivity contribution in [2.45, 2.75) is 11.8 Å². The molecule has 0 atom stereocenters. The molecule has 2 N–H and O–H groups in total. The Kier molecular flexibility index (Phi) is 4.13. The molecule has 0 aliphatic heterocycles. The van der Waals surface area contributed by atoms with Crippen molar-refractivity contribution < 1.29 is 12.8 Å². The number of sulfonamides is 1. The minimum absolute atomic E-state index is 0.506. The highest BCUT2D eigenvalue weighted by atomic mass is 32.2. The molecule has 2 aromatic heterocycles. The summed E-state index contributed by atoms with van der Waals surface area (Å²) < 4.78 is 36.9. The van der Waals surface area contributed by atoms with Gasteiger partial charge in [0.1, 0.15) is 10.7 Å². The van der Waals surface area contributed by atoms with Gasteiger partial charge in [-0.3, -0.25) is 9.97 Å². The third kappa shape index (κ3) is 3.04. The van der Waals surface area contributed by atoms with E-state index in [0.717, 1.165) is 23.4 Å². The summed E-state index contributed by atoms with van der Waals surface area (Å²) in [5.74, 6) is -0.896. The number of nitrogens with zero attached hydrogens (tertiary/aromatic N) is 2. The molecule has 122 valence electrons. The lowest BCUT2D eigenvalue weighted by atomic mass is 9.99. The van der Waals surface area contributed by atoms with Gasteiger partial charge in [0, 0.05) is 29.2 Å². The van der Waals surface area contributed by atoms with Crippen molar-refractivity contribution in [2.75, 3.05) is 0 Å². The molecule has 0 spiro atoms. The summed E-state index contributed by atoms with van der Waals surface area (Å²) in [6.07, 6.45) is 3.32. The lowest BCUT2D eigenvalue weighted by Gasteiger charge is -2.11. The Labute approximate surface area is 139 Å². The first-order valence-corrected chi connectivity index (χ1v) is 8.62. The van der Waals surface area contributed by atoms with Gasteiger partial charge in [0.05, 0.1) is 5.69 Å². The Morgan fingerprint density at radius 3 is 2.29 bits per heavy atom. The van der Waals surface area contributed by atoms with E-state index in [1.807, 2.05) is 13.0 Å². The van der Waals surface area contributed by atoms with Crippen LogP contribution in [0.3, 0.4) is 0 Å². The number of nitrogens with two attached hydrogens (primary N) is 1. The molecule has 0 aliphatic rings.